The van der Waals surface area contributed by atoms with Gasteiger partial charge < -0.3 is 14.8 Å². The minimum Gasteiger partial charge on any atom is -0.490 e. The molecule has 0 amide bonds. The van der Waals surface area contributed by atoms with Crippen molar-refractivity contribution in [2.45, 2.75) is 31.7 Å². The highest BCUT2D eigenvalue weighted by Gasteiger charge is 2.25. The fraction of sp³-hybridized carbons (Fsp3) is 0.571. The van der Waals surface area contributed by atoms with Crippen LogP contribution in [0.1, 0.15) is 24.8 Å². The zero-order valence-electron chi connectivity index (χ0n) is 10.7. The molecule has 1 unspecified atom stereocenters. The minimum atomic E-state index is -0.224. The van der Waals surface area contributed by atoms with Crippen molar-refractivity contribution in [3.05, 3.63) is 21.9 Å². The Morgan fingerprint density at radius 1 is 1.32 bits per heavy atom. The summed E-state index contributed by atoms with van der Waals surface area (Å²) in [7, 11) is 0. The van der Waals surface area contributed by atoms with Crippen LogP contribution in [-0.2, 0) is 6.42 Å². The predicted octanol–water partition coefficient (Wildman–Crippen LogP) is 3.04. The maximum absolute atomic E-state index is 14.4. The second kappa shape index (κ2) is 5.67. The van der Waals surface area contributed by atoms with E-state index in [1.165, 1.54) is 0 Å². The van der Waals surface area contributed by atoms with Gasteiger partial charge in [0.15, 0.2) is 11.5 Å². The van der Waals surface area contributed by atoms with Crippen LogP contribution < -0.4 is 14.8 Å². The van der Waals surface area contributed by atoms with Crippen LogP contribution in [0.3, 0.4) is 0 Å². The molecule has 1 aromatic carbocycles. The summed E-state index contributed by atoms with van der Waals surface area (Å²) in [5.74, 6) is 1.02. The van der Waals surface area contributed by atoms with Crippen molar-refractivity contribution in [3.8, 4) is 11.5 Å². The van der Waals surface area contributed by atoms with Crippen LogP contribution in [0.25, 0.3) is 0 Å². The van der Waals surface area contributed by atoms with Crippen molar-refractivity contribution in [3.63, 3.8) is 0 Å². The minimum absolute atomic E-state index is 0.224. The fourth-order valence-electron chi connectivity index (χ4n) is 2.68. The highest BCUT2D eigenvalue weighted by atomic mass is 79.9. The lowest BCUT2D eigenvalue weighted by Crippen LogP contribution is -2.24. The van der Waals surface area contributed by atoms with Gasteiger partial charge in [-0.15, -0.1) is 0 Å². The summed E-state index contributed by atoms with van der Waals surface area (Å²) in [6.07, 6.45) is 3.72. The van der Waals surface area contributed by atoms with E-state index in [-0.39, 0.29) is 5.82 Å². The number of hydrogen-bond donors (Lipinski definition) is 1. The smallest absolute Gasteiger partial charge is 0.167 e. The maximum Gasteiger partial charge on any atom is 0.167 e. The van der Waals surface area contributed by atoms with Crippen LogP contribution in [0.4, 0.5) is 4.39 Å². The zero-order valence-corrected chi connectivity index (χ0v) is 12.3. The molecule has 1 N–H and O–H groups in total. The molecule has 3 nitrogen and oxygen atoms in total. The zero-order chi connectivity index (χ0) is 13.2. The van der Waals surface area contributed by atoms with Gasteiger partial charge in [0.25, 0.3) is 0 Å². The van der Waals surface area contributed by atoms with Crippen LogP contribution in [0.2, 0.25) is 0 Å². The van der Waals surface area contributed by atoms with Gasteiger partial charge in [-0.3, -0.25) is 0 Å². The molecule has 2 heterocycles. The molecule has 0 saturated carbocycles. The number of ether oxygens (including phenoxy) is 2. The van der Waals surface area contributed by atoms with Crippen LogP contribution in [0.5, 0.6) is 11.5 Å². The van der Waals surface area contributed by atoms with Crippen molar-refractivity contribution >= 4 is 15.9 Å². The van der Waals surface area contributed by atoms with E-state index in [4.69, 9.17) is 9.47 Å². The van der Waals surface area contributed by atoms with E-state index in [2.05, 4.69) is 21.2 Å². The Morgan fingerprint density at radius 2 is 2.16 bits per heavy atom. The summed E-state index contributed by atoms with van der Waals surface area (Å²) < 4.78 is 26.2. The first kappa shape index (κ1) is 13.2. The highest BCUT2D eigenvalue weighted by Crippen LogP contribution is 2.40. The average Bonchev–Trinajstić information content (AvgIpc) is 2.80. The third kappa shape index (κ3) is 2.72. The summed E-state index contributed by atoms with van der Waals surface area (Å²) in [4.78, 5) is 0. The molecule has 19 heavy (non-hydrogen) atoms. The molecule has 0 aromatic heterocycles. The topological polar surface area (TPSA) is 30.5 Å². The Labute approximate surface area is 120 Å². The maximum atomic E-state index is 14.4. The molecule has 1 atom stereocenters. The molecule has 5 heteroatoms. The second-order valence-corrected chi connectivity index (χ2v) is 5.88. The van der Waals surface area contributed by atoms with E-state index in [1.54, 1.807) is 6.07 Å². The van der Waals surface area contributed by atoms with Crippen molar-refractivity contribution in [2.24, 2.45) is 0 Å². The van der Waals surface area contributed by atoms with Gasteiger partial charge in [0.05, 0.1) is 17.7 Å². The van der Waals surface area contributed by atoms with Gasteiger partial charge in [-0.2, -0.15) is 0 Å². The molecule has 104 valence electrons. The third-order valence-corrected chi connectivity index (χ3v) is 4.21. The molecular weight excluding hydrogens is 313 g/mol. The first-order valence-electron chi connectivity index (χ1n) is 6.75. The Hall–Kier alpha value is -0.810. The molecule has 1 saturated heterocycles. The van der Waals surface area contributed by atoms with Crippen molar-refractivity contribution in [2.75, 3.05) is 19.8 Å². The number of fused-ring (bicyclic) bond motifs is 1. The molecule has 0 spiro atoms. The SMILES string of the molecule is Fc1c(Br)cc2c(c1CC1CCCN1)OCCCO2. The first-order chi connectivity index (χ1) is 9.25. The van der Waals surface area contributed by atoms with Gasteiger partial charge in [0.1, 0.15) is 5.82 Å². The average molecular weight is 330 g/mol. The molecule has 0 aliphatic carbocycles. The molecule has 3 rings (SSSR count). The lowest BCUT2D eigenvalue weighted by atomic mass is 10.0. The Kier molecular flexibility index (Phi) is 3.93. The van der Waals surface area contributed by atoms with Gasteiger partial charge in [-0.1, -0.05) is 0 Å². The monoisotopic (exact) mass is 329 g/mol. The second-order valence-electron chi connectivity index (χ2n) is 5.03. The number of nitrogens with one attached hydrogen (secondary N) is 1. The number of halogens is 2. The van der Waals surface area contributed by atoms with Crippen LogP contribution in [0, 0.1) is 5.82 Å². The van der Waals surface area contributed by atoms with Gasteiger partial charge in [-0.25, -0.2) is 4.39 Å². The molecule has 1 aromatic rings. The number of rotatable bonds is 2. The van der Waals surface area contributed by atoms with Crippen molar-refractivity contribution in [1.29, 1.82) is 0 Å². The summed E-state index contributed by atoms with van der Waals surface area (Å²) in [5.41, 5.74) is 0.630. The summed E-state index contributed by atoms with van der Waals surface area (Å²) in [6, 6.07) is 2.00. The van der Waals surface area contributed by atoms with Crippen molar-refractivity contribution in [1.82, 2.24) is 5.32 Å². The van der Waals surface area contributed by atoms with Gasteiger partial charge in [-0.05, 0) is 41.7 Å². The predicted molar refractivity (Wildman–Crippen MR) is 74.4 cm³/mol. The van der Waals surface area contributed by atoms with E-state index >= 15 is 0 Å². The third-order valence-electron chi connectivity index (χ3n) is 3.64. The van der Waals surface area contributed by atoms with Gasteiger partial charge in [0, 0.05) is 24.1 Å². The summed E-state index contributed by atoms with van der Waals surface area (Å²) >= 11 is 3.27. The molecular formula is C14H17BrFNO2. The first-order valence-corrected chi connectivity index (χ1v) is 7.55. The molecule has 0 bridgehead atoms. The standard InChI is InChI=1S/C14H17BrFNO2/c15-11-8-12-14(19-6-2-5-18-12)10(13(11)16)7-9-3-1-4-17-9/h8-9,17H,1-7H2. The van der Waals surface area contributed by atoms with E-state index in [1.807, 2.05) is 0 Å². The number of benzene rings is 1. The summed E-state index contributed by atoms with van der Waals surface area (Å²) in [6.45, 7) is 2.21. The normalized spacial score (nSPS) is 22.3. The Bertz CT molecular complexity index is 475. The van der Waals surface area contributed by atoms with Gasteiger partial charge in [0.2, 0.25) is 0 Å². The Morgan fingerprint density at radius 3 is 2.95 bits per heavy atom. The van der Waals surface area contributed by atoms with Crippen molar-refractivity contribution < 1.29 is 13.9 Å². The number of hydrogen-bond acceptors (Lipinski definition) is 3. The van der Waals surface area contributed by atoms with E-state index < -0.39 is 0 Å². The van der Waals surface area contributed by atoms with E-state index in [0.29, 0.717) is 47.2 Å². The van der Waals surface area contributed by atoms with Crippen LogP contribution in [-0.4, -0.2) is 25.8 Å². The molecule has 1 fully saturated rings. The van der Waals surface area contributed by atoms with Gasteiger partial charge >= 0.3 is 0 Å². The Balaban J connectivity index is 1.97. The lowest BCUT2D eigenvalue weighted by Gasteiger charge is -2.17. The summed E-state index contributed by atoms with van der Waals surface area (Å²) in [5, 5.41) is 3.40. The van der Waals surface area contributed by atoms with E-state index in [0.717, 1.165) is 25.8 Å². The van der Waals surface area contributed by atoms with Crippen LogP contribution in [0.15, 0.2) is 10.5 Å². The quantitative estimate of drug-likeness (QED) is 0.904. The van der Waals surface area contributed by atoms with Crippen LogP contribution >= 0.6 is 15.9 Å². The largest absolute Gasteiger partial charge is 0.490 e. The highest BCUT2D eigenvalue weighted by molar-refractivity contribution is 9.10. The van der Waals surface area contributed by atoms with E-state index in [9.17, 15) is 4.39 Å². The molecule has 2 aliphatic heterocycles. The molecule has 2 aliphatic rings. The fourth-order valence-corrected chi connectivity index (χ4v) is 3.12. The molecule has 0 radical (unpaired) electrons. The lowest BCUT2D eigenvalue weighted by molar-refractivity contribution is 0.295.